The molecule has 1 saturated heterocycles. The summed E-state index contributed by atoms with van der Waals surface area (Å²) >= 11 is 0. The van der Waals surface area contributed by atoms with Crippen molar-refractivity contribution in [2.75, 3.05) is 18.4 Å². The van der Waals surface area contributed by atoms with Crippen LogP contribution < -0.4 is 5.32 Å². The lowest BCUT2D eigenvalue weighted by molar-refractivity contribution is 0.0693. The molecule has 2 amide bonds. The molecule has 114 valence electrons. The molecule has 0 saturated carbocycles. The standard InChI is InChI=1S/C15H20N2O4/c1-9-6-10(2)8-17(7-9)15(21)16-12-5-3-4-11(13(12)18)14(19)20/h3-5,9-10,18H,6-8H2,1-2H3,(H,16,21)(H,19,20). The van der Waals surface area contributed by atoms with E-state index in [2.05, 4.69) is 19.2 Å². The first kappa shape index (κ1) is 15.2. The Morgan fingerprint density at radius 3 is 2.43 bits per heavy atom. The van der Waals surface area contributed by atoms with E-state index in [1.54, 1.807) is 4.90 Å². The first-order valence-corrected chi connectivity index (χ1v) is 6.99. The monoisotopic (exact) mass is 292 g/mol. The highest BCUT2D eigenvalue weighted by atomic mass is 16.4. The van der Waals surface area contributed by atoms with Crippen LogP contribution in [0, 0.1) is 11.8 Å². The van der Waals surface area contributed by atoms with Crippen molar-refractivity contribution in [3.8, 4) is 5.75 Å². The highest BCUT2D eigenvalue weighted by molar-refractivity contribution is 5.97. The average Bonchev–Trinajstić information content (AvgIpc) is 2.39. The second-order valence-corrected chi connectivity index (χ2v) is 5.79. The molecule has 1 aliphatic rings. The number of likely N-dealkylation sites (tertiary alicyclic amines) is 1. The summed E-state index contributed by atoms with van der Waals surface area (Å²) in [6, 6.07) is 3.95. The number of aromatic hydroxyl groups is 1. The number of carboxylic acid groups (broad SMARTS) is 1. The van der Waals surface area contributed by atoms with Crippen LogP contribution in [0.4, 0.5) is 10.5 Å². The first-order valence-electron chi connectivity index (χ1n) is 6.99. The molecule has 21 heavy (non-hydrogen) atoms. The van der Waals surface area contributed by atoms with E-state index in [0.717, 1.165) is 6.42 Å². The maximum atomic E-state index is 12.2. The van der Waals surface area contributed by atoms with Gasteiger partial charge >= 0.3 is 12.0 Å². The van der Waals surface area contributed by atoms with Crippen LogP contribution in [0.5, 0.6) is 5.75 Å². The van der Waals surface area contributed by atoms with E-state index in [0.29, 0.717) is 24.9 Å². The summed E-state index contributed by atoms with van der Waals surface area (Å²) in [6.07, 6.45) is 1.09. The van der Waals surface area contributed by atoms with Crippen molar-refractivity contribution in [2.45, 2.75) is 20.3 Å². The molecule has 2 rings (SSSR count). The van der Waals surface area contributed by atoms with Crippen molar-refractivity contribution in [1.82, 2.24) is 4.90 Å². The Hall–Kier alpha value is -2.24. The number of amides is 2. The molecule has 0 aliphatic carbocycles. The smallest absolute Gasteiger partial charge is 0.339 e. The van der Waals surface area contributed by atoms with Gasteiger partial charge in [0.05, 0.1) is 5.69 Å². The number of hydrogen-bond acceptors (Lipinski definition) is 3. The summed E-state index contributed by atoms with van der Waals surface area (Å²) in [5.74, 6) is -0.794. The number of urea groups is 1. The number of anilines is 1. The second kappa shape index (κ2) is 6.03. The molecule has 3 N–H and O–H groups in total. The molecule has 0 bridgehead atoms. The number of nitrogens with zero attached hydrogens (tertiary/aromatic N) is 1. The second-order valence-electron chi connectivity index (χ2n) is 5.79. The molecule has 0 spiro atoms. The zero-order valence-corrected chi connectivity index (χ0v) is 12.2. The van der Waals surface area contributed by atoms with Gasteiger partial charge in [-0.15, -0.1) is 0 Å². The number of piperidine rings is 1. The van der Waals surface area contributed by atoms with Gasteiger partial charge in [-0.05, 0) is 30.4 Å². The largest absolute Gasteiger partial charge is 0.505 e. The average molecular weight is 292 g/mol. The van der Waals surface area contributed by atoms with E-state index >= 15 is 0 Å². The molecule has 1 fully saturated rings. The topological polar surface area (TPSA) is 89.9 Å². The first-order chi connectivity index (χ1) is 9.88. The number of carbonyl (C=O) groups excluding carboxylic acids is 1. The molecule has 1 aromatic rings. The zero-order valence-electron chi connectivity index (χ0n) is 12.2. The molecule has 2 unspecified atom stereocenters. The van der Waals surface area contributed by atoms with Crippen molar-refractivity contribution >= 4 is 17.7 Å². The van der Waals surface area contributed by atoms with Gasteiger partial charge in [0.1, 0.15) is 5.56 Å². The van der Waals surface area contributed by atoms with Crippen molar-refractivity contribution in [3.05, 3.63) is 23.8 Å². The van der Waals surface area contributed by atoms with E-state index in [4.69, 9.17) is 5.11 Å². The molecule has 1 aliphatic heterocycles. The molecule has 0 aromatic heterocycles. The van der Waals surface area contributed by atoms with Crippen molar-refractivity contribution < 1.29 is 19.8 Å². The molecular formula is C15H20N2O4. The van der Waals surface area contributed by atoms with Crippen LogP contribution in [0.15, 0.2) is 18.2 Å². The van der Waals surface area contributed by atoms with Gasteiger partial charge in [-0.3, -0.25) is 0 Å². The van der Waals surface area contributed by atoms with Gasteiger partial charge in [-0.1, -0.05) is 19.9 Å². The van der Waals surface area contributed by atoms with Crippen LogP contribution in [0.1, 0.15) is 30.6 Å². The SMILES string of the molecule is CC1CC(C)CN(C(=O)Nc2cccc(C(=O)O)c2O)C1. The summed E-state index contributed by atoms with van der Waals surface area (Å²) in [7, 11) is 0. The fraction of sp³-hybridized carbons (Fsp3) is 0.467. The van der Waals surface area contributed by atoms with Gasteiger partial charge in [0, 0.05) is 13.1 Å². The molecule has 1 heterocycles. The number of hydrogen-bond donors (Lipinski definition) is 3. The van der Waals surface area contributed by atoms with Crippen molar-refractivity contribution in [2.24, 2.45) is 11.8 Å². The lowest BCUT2D eigenvalue weighted by atomic mass is 9.92. The van der Waals surface area contributed by atoms with Crippen LogP contribution in [0.3, 0.4) is 0 Å². The molecular weight excluding hydrogens is 272 g/mol. The minimum absolute atomic E-state index is 0.116. The van der Waals surface area contributed by atoms with Crippen LogP contribution in [-0.4, -0.2) is 40.2 Å². The zero-order chi connectivity index (χ0) is 15.6. The van der Waals surface area contributed by atoms with E-state index in [9.17, 15) is 14.7 Å². The van der Waals surface area contributed by atoms with Gasteiger partial charge < -0.3 is 20.4 Å². The highest BCUT2D eigenvalue weighted by Crippen LogP contribution is 2.28. The molecule has 1 aromatic carbocycles. The van der Waals surface area contributed by atoms with Gasteiger partial charge in [0.2, 0.25) is 0 Å². The predicted molar refractivity (Wildman–Crippen MR) is 78.6 cm³/mol. The Balaban J connectivity index is 2.13. The third-order valence-electron chi connectivity index (χ3n) is 3.66. The molecule has 6 heteroatoms. The van der Waals surface area contributed by atoms with E-state index in [1.165, 1.54) is 18.2 Å². The summed E-state index contributed by atoms with van der Waals surface area (Å²) < 4.78 is 0. The van der Waals surface area contributed by atoms with Gasteiger partial charge in [0.15, 0.2) is 5.75 Å². The number of benzene rings is 1. The molecule has 0 radical (unpaired) electrons. The molecule has 2 atom stereocenters. The van der Waals surface area contributed by atoms with Crippen LogP contribution in [0.2, 0.25) is 0 Å². The Labute approximate surface area is 123 Å². The third-order valence-corrected chi connectivity index (χ3v) is 3.66. The fourth-order valence-electron chi connectivity index (χ4n) is 2.84. The Bertz CT molecular complexity index is 549. The Morgan fingerprint density at radius 1 is 1.24 bits per heavy atom. The lowest BCUT2D eigenvalue weighted by Crippen LogP contribution is -2.44. The Morgan fingerprint density at radius 2 is 1.86 bits per heavy atom. The van der Waals surface area contributed by atoms with Gasteiger partial charge in [-0.2, -0.15) is 0 Å². The summed E-state index contributed by atoms with van der Waals surface area (Å²) in [4.78, 5) is 24.9. The highest BCUT2D eigenvalue weighted by Gasteiger charge is 2.26. The van der Waals surface area contributed by atoms with Gasteiger partial charge in [0.25, 0.3) is 0 Å². The summed E-state index contributed by atoms with van der Waals surface area (Å²) in [5.41, 5.74) is -0.112. The normalized spacial score (nSPS) is 21.9. The van der Waals surface area contributed by atoms with Crippen LogP contribution in [-0.2, 0) is 0 Å². The van der Waals surface area contributed by atoms with E-state index in [1.807, 2.05) is 0 Å². The number of carboxylic acids is 1. The minimum Gasteiger partial charge on any atom is -0.505 e. The summed E-state index contributed by atoms with van der Waals surface area (Å²) in [5, 5.41) is 21.4. The quantitative estimate of drug-likeness (QED) is 0.731. The predicted octanol–water partition coefficient (Wildman–Crippen LogP) is 2.60. The van der Waals surface area contributed by atoms with Crippen molar-refractivity contribution in [3.63, 3.8) is 0 Å². The van der Waals surface area contributed by atoms with E-state index in [-0.39, 0.29) is 17.3 Å². The number of carbonyl (C=O) groups is 2. The van der Waals surface area contributed by atoms with Crippen LogP contribution in [0.25, 0.3) is 0 Å². The maximum Gasteiger partial charge on any atom is 0.339 e. The molecule has 6 nitrogen and oxygen atoms in total. The van der Waals surface area contributed by atoms with Crippen LogP contribution >= 0.6 is 0 Å². The fourth-order valence-corrected chi connectivity index (χ4v) is 2.84. The number of phenols is 1. The number of para-hydroxylation sites is 1. The maximum absolute atomic E-state index is 12.2. The number of aromatic carboxylic acids is 1. The van der Waals surface area contributed by atoms with Crippen molar-refractivity contribution in [1.29, 1.82) is 0 Å². The number of rotatable bonds is 2. The van der Waals surface area contributed by atoms with E-state index < -0.39 is 11.7 Å². The number of nitrogens with one attached hydrogen (secondary N) is 1. The minimum atomic E-state index is -1.23. The van der Waals surface area contributed by atoms with Gasteiger partial charge in [-0.25, -0.2) is 9.59 Å². The Kier molecular flexibility index (Phi) is 4.35. The lowest BCUT2D eigenvalue weighted by Gasteiger charge is -2.35. The summed E-state index contributed by atoms with van der Waals surface area (Å²) in [6.45, 7) is 5.52. The third kappa shape index (κ3) is 3.45.